The Labute approximate surface area is 302 Å². The van der Waals surface area contributed by atoms with Crippen LogP contribution in [0.3, 0.4) is 0 Å². The van der Waals surface area contributed by atoms with Crippen LogP contribution in [0.1, 0.15) is 69.8 Å². The number of amides is 5. The number of allylic oxidation sites excluding steroid dienone is 1. The minimum absolute atomic E-state index is 0.0316. The number of carbonyl (C=O) groups excluding carboxylic acids is 5. The van der Waals surface area contributed by atoms with Gasteiger partial charge in [-0.15, -0.1) is 0 Å². The van der Waals surface area contributed by atoms with Crippen LogP contribution in [0, 0.1) is 5.92 Å². The number of hydrogen-bond donors (Lipinski definition) is 4. The first-order valence-electron chi connectivity index (χ1n) is 17.9. The monoisotopic (exact) mass is 738 g/mol. The number of nitrogens with zero attached hydrogens (tertiary/aromatic N) is 2. The SMILES string of the molecule is NS(=O)(=O)NC(=O)[C@]12CC1/C=C/CCCCC[C@H](NC(=O)OC1CCCC1)C(=O)N1CCN(C(=O)OCc3cccc4ccccc34)C[C@H]1C(=O)N2. The number of fused-ring (bicyclic) bond motifs is 3. The van der Waals surface area contributed by atoms with Gasteiger partial charge in [-0.25, -0.2) is 19.5 Å². The van der Waals surface area contributed by atoms with E-state index in [1.54, 1.807) is 10.8 Å². The van der Waals surface area contributed by atoms with Crippen LogP contribution in [-0.4, -0.2) is 91.5 Å². The molecule has 52 heavy (non-hydrogen) atoms. The Morgan fingerprint density at radius 3 is 2.50 bits per heavy atom. The number of nitrogens with two attached hydrogens (primary N) is 1. The lowest BCUT2D eigenvalue weighted by Crippen LogP contribution is -2.66. The van der Waals surface area contributed by atoms with Gasteiger partial charge >= 0.3 is 12.2 Å². The Morgan fingerprint density at radius 1 is 0.962 bits per heavy atom. The van der Waals surface area contributed by atoms with E-state index in [0.717, 1.165) is 54.9 Å². The Morgan fingerprint density at radius 2 is 1.71 bits per heavy atom. The molecule has 0 radical (unpaired) electrons. The molecule has 15 nitrogen and oxygen atoms in total. The largest absolute Gasteiger partial charge is 0.446 e. The van der Waals surface area contributed by atoms with Crippen molar-refractivity contribution in [2.24, 2.45) is 11.1 Å². The van der Waals surface area contributed by atoms with Crippen molar-refractivity contribution in [3.8, 4) is 0 Å². The third-order valence-corrected chi connectivity index (χ3v) is 10.8. The Balaban J connectivity index is 1.24. The molecule has 1 unspecified atom stereocenters. The maximum absolute atomic E-state index is 14.3. The van der Waals surface area contributed by atoms with Crippen LogP contribution in [0.4, 0.5) is 9.59 Å². The fraction of sp³-hybridized carbons (Fsp3) is 0.528. The molecule has 5 N–H and O–H groups in total. The first-order valence-corrected chi connectivity index (χ1v) is 19.5. The molecular weight excluding hydrogens is 692 g/mol. The molecule has 0 bridgehead atoms. The van der Waals surface area contributed by atoms with Gasteiger partial charge < -0.3 is 29.9 Å². The molecule has 2 aromatic rings. The zero-order chi connectivity index (χ0) is 36.9. The van der Waals surface area contributed by atoms with Gasteiger partial charge in [-0.2, -0.15) is 8.42 Å². The summed E-state index contributed by atoms with van der Waals surface area (Å²) in [5, 5.41) is 12.5. The maximum atomic E-state index is 14.3. The van der Waals surface area contributed by atoms with E-state index >= 15 is 0 Å². The Bertz CT molecular complexity index is 1830. The van der Waals surface area contributed by atoms with E-state index in [0.29, 0.717) is 19.3 Å². The molecule has 280 valence electrons. The van der Waals surface area contributed by atoms with Crippen molar-refractivity contribution in [2.45, 2.75) is 94.5 Å². The van der Waals surface area contributed by atoms with Crippen molar-refractivity contribution in [1.29, 1.82) is 0 Å². The lowest BCUT2D eigenvalue weighted by atomic mass is 10.0. The van der Waals surface area contributed by atoms with Crippen LogP contribution in [0.25, 0.3) is 10.8 Å². The summed E-state index contributed by atoms with van der Waals surface area (Å²) < 4.78 is 36.8. The van der Waals surface area contributed by atoms with Crippen molar-refractivity contribution in [3.63, 3.8) is 0 Å². The first-order chi connectivity index (χ1) is 24.9. The Kier molecular flexibility index (Phi) is 11.3. The molecule has 4 aliphatic rings. The lowest BCUT2D eigenvalue weighted by Gasteiger charge is -2.41. The minimum Gasteiger partial charge on any atom is -0.446 e. The number of hydrogen-bond acceptors (Lipinski definition) is 9. The molecule has 3 fully saturated rings. The van der Waals surface area contributed by atoms with Crippen LogP contribution in [0.5, 0.6) is 0 Å². The highest BCUT2D eigenvalue weighted by Gasteiger charge is 2.61. The zero-order valence-corrected chi connectivity index (χ0v) is 29.8. The highest BCUT2D eigenvalue weighted by atomic mass is 32.2. The van der Waals surface area contributed by atoms with Gasteiger partial charge in [0.15, 0.2) is 0 Å². The zero-order valence-electron chi connectivity index (χ0n) is 29.0. The highest BCUT2D eigenvalue weighted by molar-refractivity contribution is 7.87. The summed E-state index contributed by atoms with van der Waals surface area (Å²) in [4.78, 5) is 70.9. The van der Waals surface area contributed by atoms with Crippen LogP contribution in [0.15, 0.2) is 54.6 Å². The summed E-state index contributed by atoms with van der Waals surface area (Å²) in [5.41, 5.74) is -0.851. The van der Waals surface area contributed by atoms with Crippen molar-refractivity contribution in [2.75, 3.05) is 19.6 Å². The predicted octanol–water partition coefficient (Wildman–Crippen LogP) is 2.74. The average molecular weight is 739 g/mol. The normalized spacial score (nSPS) is 26.5. The maximum Gasteiger partial charge on any atom is 0.410 e. The fourth-order valence-electron chi connectivity index (χ4n) is 7.43. The van der Waals surface area contributed by atoms with E-state index in [-0.39, 0.29) is 38.8 Å². The molecule has 16 heteroatoms. The van der Waals surface area contributed by atoms with E-state index < -0.39 is 63.7 Å². The van der Waals surface area contributed by atoms with E-state index in [9.17, 15) is 32.4 Å². The van der Waals surface area contributed by atoms with Crippen molar-refractivity contribution in [3.05, 3.63) is 60.2 Å². The molecule has 5 amide bonds. The van der Waals surface area contributed by atoms with E-state index in [1.165, 1.54) is 9.80 Å². The average Bonchev–Trinajstić information content (AvgIpc) is 3.56. The summed E-state index contributed by atoms with van der Waals surface area (Å²) in [6.07, 6.45) is 8.60. The number of carbonyl (C=O) groups is 5. The molecule has 6 rings (SSSR count). The quantitative estimate of drug-likeness (QED) is 0.321. The second kappa shape index (κ2) is 15.9. The second-order valence-electron chi connectivity index (χ2n) is 14.0. The van der Waals surface area contributed by atoms with Gasteiger partial charge in [0.1, 0.15) is 30.3 Å². The van der Waals surface area contributed by atoms with Gasteiger partial charge in [0, 0.05) is 19.0 Å². The topological polar surface area (TPSA) is 207 Å². The molecule has 2 saturated carbocycles. The number of alkyl carbamates (subject to hydrolysis) is 1. The van der Waals surface area contributed by atoms with Crippen molar-refractivity contribution >= 4 is 50.9 Å². The summed E-state index contributed by atoms with van der Waals surface area (Å²) in [6, 6.07) is 11.1. The third-order valence-electron chi connectivity index (χ3n) is 10.4. The summed E-state index contributed by atoms with van der Waals surface area (Å²) in [7, 11) is -4.45. The number of rotatable bonds is 6. The molecule has 2 aromatic carbocycles. The van der Waals surface area contributed by atoms with Crippen LogP contribution < -0.4 is 20.5 Å². The van der Waals surface area contributed by atoms with Gasteiger partial charge in [0.2, 0.25) is 11.8 Å². The standard InChI is InChI=1S/C36H46N6O9S/c37-52(48,49)40-33(45)36-21-26(36)14-4-2-1-3-5-18-29(38-34(46)51-27-15-7-8-16-27)32(44)42-20-19-41(22-30(42)31(43)39-36)35(47)50-23-25-13-10-12-24-11-6-9-17-28(24)25/h4,6,9-14,17,26-27,29-30H,1-3,5,7-8,15-16,18-23H2,(H,38,46)(H,39,43)(H,40,45)(H2,37,48,49)/b14-4+/t26?,29-,30-,36-/m0/s1. The van der Waals surface area contributed by atoms with E-state index in [1.807, 2.05) is 48.5 Å². The van der Waals surface area contributed by atoms with E-state index in [2.05, 4.69) is 10.6 Å². The molecule has 4 atom stereocenters. The van der Waals surface area contributed by atoms with Crippen LogP contribution in [-0.2, 0) is 40.7 Å². The molecule has 2 heterocycles. The van der Waals surface area contributed by atoms with Crippen LogP contribution in [0.2, 0.25) is 0 Å². The smallest absolute Gasteiger partial charge is 0.410 e. The van der Waals surface area contributed by atoms with Crippen molar-refractivity contribution < 1.29 is 41.9 Å². The van der Waals surface area contributed by atoms with Gasteiger partial charge in [-0.05, 0) is 67.7 Å². The number of piperazine rings is 1. The van der Waals surface area contributed by atoms with Crippen LogP contribution >= 0.6 is 0 Å². The molecule has 0 aromatic heterocycles. The first kappa shape index (κ1) is 37.1. The molecular formula is C36H46N6O9S. The molecule has 2 aliphatic carbocycles. The van der Waals surface area contributed by atoms with Crippen molar-refractivity contribution in [1.82, 2.24) is 25.2 Å². The number of nitrogens with one attached hydrogen (secondary N) is 3. The van der Waals surface area contributed by atoms with E-state index in [4.69, 9.17) is 14.6 Å². The Hall–Kier alpha value is -4.70. The minimum atomic E-state index is -4.45. The number of ether oxygens (including phenoxy) is 2. The summed E-state index contributed by atoms with van der Waals surface area (Å²) >= 11 is 0. The van der Waals surface area contributed by atoms with Gasteiger partial charge in [-0.1, -0.05) is 67.5 Å². The molecule has 0 spiro atoms. The molecule has 1 saturated heterocycles. The highest BCUT2D eigenvalue weighted by Crippen LogP contribution is 2.45. The lowest BCUT2D eigenvalue weighted by molar-refractivity contribution is -0.146. The molecule has 2 aliphatic heterocycles. The summed E-state index contributed by atoms with van der Waals surface area (Å²) in [5.74, 6) is -2.84. The van der Waals surface area contributed by atoms with Gasteiger partial charge in [-0.3, -0.25) is 14.4 Å². The summed E-state index contributed by atoms with van der Waals surface area (Å²) in [6.45, 7) is -0.351. The number of benzene rings is 2. The fourth-order valence-corrected chi connectivity index (χ4v) is 7.87. The van der Waals surface area contributed by atoms with Gasteiger partial charge in [0.25, 0.3) is 16.1 Å². The van der Waals surface area contributed by atoms with Gasteiger partial charge in [0.05, 0.1) is 6.54 Å². The predicted molar refractivity (Wildman–Crippen MR) is 189 cm³/mol. The third kappa shape index (κ3) is 8.84. The second-order valence-corrected chi connectivity index (χ2v) is 15.3.